The lowest BCUT2D eigenvalue weighted by Gasteiger charge is -2.33. The Balaban J connectivity index is 1.88. The van der Waals surface area contributed by atoms with Crippen LogP contribution in [-0.2, 0) is 4.79 Å². The zero-order valence-electron chi connectivity index (χ0n) is 12.0. The molecule has 114 valence electrons. The van der Waals surface area contributed by atoms with Crippen LogP contribution in [0.4, 0.5) is 0 Å². The minimum atomic E-state index is -0.931. The fourth-order valence-corrected chi connectivity index (χ4v) is 2.84. The third-order valence-electron chi connectivity index (χ3n) is 3.99. The van der Waals surface area contributed by atoms with Gasteiger partial charge in [0.25, 0.3) is 5.91 Å². The zero-order valence-corrected chi connectivity index (χ0v) is 12.0. The van der Waals surface area contributed by atoms with Crippen molar-refractivity contribution < 1.29 is 14.7 Å². The molecule has 1 atom stereocenters. The van der Waals surface area contributed by atoms with E-state index < -0.39 is 12.0 Å². The summed E-state index contributed by atoms with van der Waals surface area (Å²) in [6.45, 7) is 0.492. The topological polar surface area (TPSA) is 86.3 Å². The average Bonchev–Trinajstić information content (AvgIpc) is 3.09. The highest BCUT2D eigenvalue weighted by Crippen LogP contribution is 2.23. The Bertz CT molecular complexity index is 682. The average molecular weight is 299 g/mol. The number of H-pyrrole nitrogens is 1. The molecule has 0 saturated carbocycles. The number of carboxylic acid groups (broad SMARTS) is 1. The van der Waals surface area contributed by atoms with E-state index in [1.807, 2.05) is 6.07 Å². The second-order valence-corrected chi connectivity index (χ2v) is 5.42. The standard InChI is InChI=1S/C16H17N3O3/c20-15(19-7-2-1-6-14(19)16(21)22)12-5-3-4-11(8-12)13-9-17-18-10-13/h3-5,8-10,14H,1-2,6-7H2,(H,17,18)(H,21,22). The van der Waals surface area contributed by atoms with Crippen LogP contribution in [0.25, 0.3) is 11.1 Å². The van der Waals surface area contributed by atoms with E-state index in [1.165, 1.54) is 4.90 Å². The van der Waals surface area contributed by atoms with Gasteiger partial charge in [0.1, 0.15) is 6.04 Å². The summed E-state index contributed by atoms with van der Waals surface area (Å²) in [6, 6.07) is 6.47. The van der Waals surface area contributed by atoms with Gasteiger partial charge in [0.05, 0.1) is 6.20 Å². The van der Waals surface area contributed by atoms with E-state index in [9.17, 15) is 14.7 Å². The number of rotatable bonds is 3. The number of amides is 1. The Kier molecular flexibility index (Phi) is 3.91. The Morgan fingerprint density at radius 1 is 1.27 bits per heavy atom. The van der Waals surface area contributed by atoms with Gasteiger partial charge in [-0.25, -0.2) is 4.79 Å². The van der Waals surface area contributed by atoms with Gasteiger partial charge in [0.15, 0.2) is 0 Å². The molecule has 0 bridgehead atoms. The first-order chi connectivity index (χ1) is 10.7. The van der Waals surface area contributed by atoms with Crippen LogP contribution in [-0.4, -0.2) is 44.7 Å². The van der Waals surface area contributed by atoms with E-state index >= 15 is 0 Å². The van der Waals surface area contributed by atoms with Crippen LogP contribution in [0.2, 0.25) is 0 Å². The molecule has 2 aromatic rings. The van der Waals surface area contributed by atoms with E-state index in [-0.39, 0.29) is 5.91 Å². The Hall–Kier alpha value is -2.63. The summed E-state index contributed by atoms with van der Waals surface area (Å²) in [6.07, 6.45) is 5.64. The van der Waals surface area contributed by atoms with Crippen molar-refractivity contribution in [2.45, 2.75) is 25.3 Å². The van der Waals surface area contributed by atoms with Gasteiger partial charge < -0.3 is 10.0 Å². The van der Waals surface area contributed by atoms with Gasteiger partial charge in [0, 0.05) is 23.9 Å². The summed E-state index contributed by atoms with van der Waals surface area (Å²) in [4.78, 5) is 25.5. The van der Waals surface area contributed by atoms with Crippen LogP contribution in [0.5, 0.6) is 0 Å². The fraction of sp³-hybridized carbons (Fsp3) is 0.312. The molecule has 1 aromatic carbocycles. The lowest BCUT2D eigenvalue weighted by Crippen LogP contribution is -2.47. The van der Waals surface area contributed by atoms with Crippen LogP contribution in [0.15, 0.2) is 36.7 Å². The summed E-state index contributed by atoms with van der Waals surface area (Å²) in [5.41, 5.74) is 2.28. The maximum absolute atomic E-state index is 12.7. The molecule has 6 nitrogen and oxygen atoms in total. The number of carbonyl (C=O) groups is 2. The summed E-state index contributed by atoms with van der Waals surface area (Å²) >= 11 is 0. The lowest BCUT2D eigenvalue weighted by atomic mass is 9.99. The second kappa shape index (κ2) is 6.01. The van der Waals surface area contributed by atoms with Gasteiger partial charge in [-0.1, -0.05) is 12.1 Å². The first kappa shape index (κ1) is 14.3. The van der Waals surface area contributed by atoms with Gasteiger partial charge in [-0.2, -0.15) is 5.10 Å². The van der Waals surface area contributed by atoms with Gasteiger partial charge in [-0.05, 0) is 37.0 Å². The number of hydrogen-bond donors (Lipinski definition) is 2. The molecule has 0 aliphatic carbocycles. The largest absolute Gasteiger partial charge is 0.480 e. The number of nitrogens with one attached hydrogen (secondary N) is 1. The number of carboxylic acids is 1. The Morgan fingerprint density at radius 3 is 2.86 bits per heavy atom. The van der Waals surface area contributed by atoms with Gasteiger partial charge in [0.2, 0.25) is 0 Å². The van der Waals surface area contributed by atoms with Gasteiger partial charge in [-0.3, -0.25) is 9.89 Å². The number of aliphatic carboxylic acids is 1. The van der Waals surface area contributed by atoms with Crippen molar-refractivity contribution in [3.05, 3.63) is 42.2 Å². The minimum Gasteiger partial charge on any atom is -0.480 e. The van der Waals surface area contributed by atoms with E-state index in [2.05, 4.69) is 10.2 Å². The van der Waals surface area contributed by atoms with Crippen molar-refractivity contribution in [1.29, 1.82) is 0 Å². The van der Waals surface area contributed by atoms with Crippen LogP contribution in [0.3, 0.4) is 0 Å². The highest BCUT2D eigenvalue weighted by molar-refractivity contribution is 5.97. The minimum absolute atomic E-state index is 0.225. The Labute approximate surface area is 127 Å². The molecular formula is C16H17N3O3. The third kappa shape index (κ3) is 2.72. The zero-order chi connectivity index (χ0) is 15.5. The van der Waals surface area contributed by atoms with Crippen molar-refractivity contribution in [3.63, 3.8) is 0 Å². The molecule has 0 radical (unpaired) electrons. The number of aromatic nitrogens is 2. The molecule has 1 fully saturated rings. The molecule has 6 heteroatoms. The molecule has 1 aromatic heterocycles. The van der Waals surface area contributed by atoms with E-state index in [0.717, 1.165) is 24.0 Å². The van der Waals surface area contributed by atoms with Gasteiger partial charge in [-0.15, -0.1) is 0 Å². The van der Waals surface area contributed by atoms with Crippen LogP contribution in [0.1, 0.15) is 29.6 Å². The predicted molar refractivity (Wildman–Crippen MR) is 80.3 cm³/mol. The van der Waals surface area contributed by atoms with E-state index in [4.69, 9.17) is 0 Å². The Morgan fingerprint density at radius 2 is 2.14 bits per heavy atom. The fourth-order valence-electron chi connectivity index (χ4n) is 2.84. The number of carbonyl (C=O) groups excluding carboxylic acids is 1. The normalized spacial score (nSPS) is 18.2. The molecule has 22 heavy (non-hydrogen) atoms. The van der Waals surface area contributed by atoms with Crippen molar-refractivity contribution in [3.8, 4) is 11.1 Å². The molecule has 1 aliphatic rings. The maximum Gasteiger partial charge on any atom is 0.326 e. The van der Waals surface area contributed by atoms with Crippen LogP contribution < -0.4 is 0 Å². The number of nitrogens with zero attached hydrogens (tertiary/aromatic N) is 2. The summed E-state index contributed by atoms with van der Waals surface area (Å²) in [5.74, 6) is -1.16. The number of hydrogen-bond acceptors (Lipinski definition) is 3. The smallest absolute Gasteiger partial charge is 0.326 e. The number of aromatic amines is 1. The van der Waals surface area contributed by atoms with Crippen molar-refractivity contribution in [1.82, 2.24) is 15.1 Å². The molecule has 1 unspecified atom stereocenters. The molecule has 0 spiro atoms. The number of likely N-dealkylation sites (tertiary alicyclic amines) is 1. The molecule has 1 aliphatic heterocycles. The van der Waals surface area contributed by atoms with Gasteiger partial charge >= 0.3 is 5.97 Å². The van der Waals surface area contributed by atoms with Crippen molar-refractivity contribution >= 4 is 11.9 Å². The van der Waals surface area contributed by atoms with E-state index in [0.29, 0.717) is 18.5 Å². The summed E-state index contributed by atoms with van der Waals surface area (Å²) in [5, 5.41) is 15.9. The molecule has 1 saturated heterocycles. The quantitative estimate of drug-likeness (QED) is 0.909. The SMILES string of the molecule is O=C(O)C1CCCCN1C(=O)c1cccc(-c2cn[nH]c2)c1. The lowest BCUT2D eigenvalue weighted by molar-refractivity contribution is -0.143. The monoisotopic (exact) mass is 299 g/mol. The number of piperidine rings is 1. The predicted octanol–water partition coefficient (Wildman–Crippen LogP) is 2.16. The molecular weight excluding hydrogens is 282 g/mol. The van der Waals surface area contributed by atoms with Crippen molar-refractivity contribution in [2.75, 3.05) is 6.54 Å². The molecule has 2 N–H and O–H groups in total. The second-order valence-electron chi connectivity index (χ2n) is 5.42. The highest BCUT2D eigenvalue weighted by Gasteiger charge is 2.32. The number of benzene rings is 1. The highest BCUT2D eigenvalue weighted by atomic mass is 16.4. The maximum atomic E-state index is 12.7. The van der Waals surface area contributed by atoms with E-state index in [1.54, 1.807) is 30.6 Å². The van der Waals surface area contributed by atoms with Crippen molar-refractivity contribution in [2.24, 2.45) is 0 Å². The first-order valence-corrected chi connectivity index (χ1v) is 7.30. The van der Waals surface area contributed by atoms with Crippen LogP contribution in [0, 0.1) is 0 Å². The first-order valence-electron chi connectivity index (χ1n) is 7.30. The summed E-state index contributed by atoms with van der Waals surface area (Å²) in [7, 11) is 0. The molecule has 3 rings (SSSR count). The summed E-state index contributed by atoms with van der Waals surface area (Å²) < 4.78 is 0. The third-order valence-corrected chi connectivity index (χ3v) is 3.99. The van der Waals surface area contributed by atoms with Crippen LogP contribution >= 0.6 is 0 Å². The molecule has 1 amide bonds. The molecule has 2 heterocycles.